The summed E-state index contributed by atoms with van der Waals surface area (Å²) in [6.07, 6.45) is 85.2. The van der Waals surface area contributed by atoms with E-state index in [1.807, 2.05) is 0 Å². The maximum Gasteiger partial charge on any atom is 0.306 e. The summed E-state index contributed by atoms with van der Waals surface area (Å²) in [6.45, 7) is 6.66. The van der Waals surface area contributed by atoms with E-state index in [0.29, 0.717) is 19.3 Å². The highest BCUT2D eigenvalue weighted by atomic mass is 16.6. The first kappa shape index (κ1) is 77.9. The largest absolute Gasteiger partial charge is 0.462 e. The van der Waals surface area contributed by atoms with E-state index in [0.717, 1.165) is 77.0 Å². The number of hydrogen-bond donors (Lipinski definition) is 0. The second-order valence-electron chi connectivity index (χ2n) is 24.9. The average molecular weight is 1130 g/mol. The minimum atomic E-state index is -0.775. The van der Waals surface area contributed by atoms with Crippen molar-refractivity contribution >= 4 is 17.9 Å². The standard InChI is InChI=1S/C74H140O6/c1-4-7-10-13-16-19-22-25-28-29-30-31-32-33-34-35-36-37-38-39-40-41-42-43-44-45-46-47-50-52-55-58-61-64-67-73(76)79-70-71(80-74(77)68-65-62-59-56-53-49-27-24-21-18-15-12-9-6-3)69-78-72(75)66-63-60-57-54-51-48-26-23-20-17-14-11-8-5-2/h15,18,24,27,71H,4-14,16-17,19-23,25-26,28-70H2,1-3H3/b18-15-,27-24-. The zero-order valence-electron chi connectivity index (χ0n) is 54.4. The zero-order valence-corrected chi connectivity index (χ0v) is 54.4. The van der Waals surface area contributed by atoms with E-state index in [9.17, 15) is 14.4 Å². The van der Waals surface area contributed by atoms with Gasteiger partial charge in [-0.05, 0) is 44.9 Å². The Morgan fingerprint density at radius 3 is 0.725 bits per heavy atom. The van der Waals surface area contributed by atoms with Gasteiger partial charge in [0.15, 0.2) is 6.10 Å². The van der Waals surface area contributed by atoms with Crippen LogP contribution in [0.5, 0.6) is 0 Å². The van der Waals surface area contributed by atoms with Gasteiger partial charge in [-0.3, -0.25) is 14.4 Å². The second-order valence-corrected chi connectivity index (χ2v) is 24.9. The lowest BCUT2D eigenvalue weighted by Crippen LogP contribution is -2.30. The maximum atomic E-state index is 12.9. The highest BCUT2D eigenvalue weighted by Crippen LogP contribution is 2.19. The molecule has 0 saturated heterocycles. The van der Waals surface area contributed by atoms with Gasteiger partial charge in [-0.2, -0.15) is 0 Å². The fourth-order valence-corrected chi connectivity index (χ4v) is 11.2. The van der Waals surface area contributed by atoms with Crippen LogP contribution in [0.25, 0.3) is 0 Å². The van der Waals surface area contributed by atoms with Crippen molar-refractivity contribution in [3.05, 3.63) is 24.3 Å². The molecular formula is C74H140O6. The van der Waals surface area contributed by atoms with Gasteiger partial charge in [0.05, 0.1) is 0 Å². The summed E-state index contributed by atoms with van der Waals surface area (Å²) in [6, 6.07) is 0. The van der Waals surface area contributed by atoms with Gasteiger partial charge in [0.25, 0.3) is 0 Å². The molecule has 80 heavy (non-hydrogen) atoms. The summed E-state index contributed by atoms with van der Waals surface area (Å²) < 4.78 is 17.0. The van der Waals surface area contributed by atoms with Gasteiger partial charge >= 0.3 is 17.9 Å². The van der Waals surface area contributed by atoms with Crippen molar-refractivity contribution in [2.75, 3.05) is 13.2 Å². The molecular weight excluding hydrogens is 985 g/mol. The summed E-state index contributed by atoms with van der Waals surface area (Å²) in [5.74, 6) is -0.856. The Balaban J connectivity index is 4.04. The number of ether oxygens (including phenoxy) is 3. The molecule has 0 N–H and O–H groups in total. The number of allylic oxidation sites excluding steroid dienone is 4. The highest BCUT2D eigenvalue weighted by molar-refractivity contribution is 5.71. The lowest BCUT2D eigenvalue weighted by atomic mass is 10.0. The fraction of sp³-hybridized carbons (Fsp3) is 0.905. The van der Waals surface area contributed by atoms with Gasteiger partial charge in [0.1, 0.15) is 13.2 Å². The van der Waals surface area contributed by atoms with Crippen LogP contribution in [0.4, 0.5) is 0 Å². The summed E-state index contributed by atoms with van der Waals surface area (Å²) >= 11 is 0. The quantitative estimate of drug-likeness (QED) is 0.0261. The highest BCUT2D eigenvalue weighted by Gasteiger charge is 2.19. The van der Waals surface area contributed by atoms with Crippen LogP contribution in [0.3, 0.4) is 0 Å². The van der Waals surface area contributed by atoms with Crippen LogP contribution < -0.4 is 0 Å². The average Bonchev–Trinajstić information content (AvgIpc) is 3.46. The molecule has 6 nitrogen and oxygen atoms in total. The molecule has 0 aliphatic rings. The van der Waals surface area contributed by atoms with E-state index in [1.165, 1.54) is 295 Å². The van der Waals surface area contributed by atoms with Crippen LogP contribution in [0.2, 0.25) is 0 Å². The van der Waals surface area contributed by atoms with E-state index < -0.39 is 6.10 Å². The molecule has 0 bridgehead atoms. The molecule has 0 aliphatic heterocycles. The number of unbranched alkanes of at least 4 members (excludes halogenated alkanes) is 53. The predicted molar refractivity (Wildman–Crippen MR) is 349 cm³/mol. The van der Waals surface area contributed by atoms with E-state index in [4.69, 9.17) is 14.2 Å². The third-order valence-electron chi connectivity index (χ3n) is 16.7. The van der Waals surface area contributed by atoms with Gasteiger partial charge in [-0.15, -0.1) is 0 Å². The molecule has 0 heterocycles. The van der Waals surface area contributed by atoms with Gasteiger partial charge in [-0.25, -0.2) is 0 Å². The minimum absolute atomic E-state index is 0.0710. The van der Waals surface area contributed by atoms with Crippen molar-refractivity contribution < 1.29 is 28.6 Å². The van der Waals surface area contributed by atoms with Gasteiger partial charge in [0.2, 0.25) is 0 Å². The zero-order chi connectivity index (χ0) is 57.8. The van der Waals surface area contributed by atoms with Gasteiger partial charge in [0, 0.05) is 19.3 Å². The maximum absolute atomic E-state index is 12.9. The smallest absolute Gasteiger partial charge is 0.306 e. The van der Waals surface area contributed by atoms with Crippen molar-refractivity contribution in [1.82, 2.24) is 0 Å². The Bertz CT molecular complexity index is 1290. The number of carbonyl (C=O) groups is 3. The third-order valence-corrected chi connectivity index (χ3v) is 16.7. The van der Waals surface area contributed by atoms with Crippen molar-refractivity contribution in [2.45, 2.75) is 419 Å². The first-order valence-electron chi connectivity index (χ1n) is 36.3. The number of hydrogen-bond acceptors (Lipinski definition) is 6. The molecule has 0 amide bonds. The predicted octanol–water partition coefficient (Wildman–Crippen LogP) is 25.0. The molecule has 0 aromatic heterocycles. The van der Waals surface area contributed by atoms with Gasteiger partial charge in [-0.1, -0.05) is 373 Å². The Hall–Kier alpha value is -2.11. The molecule has 0 fully saturated rings. The Morgan fingerprint density at radius 1 is 0.250 bits per heavy atom. The lowest BCUT2D eigenvalue weighted by Gasteiger charge is -2.18. The SMILES string of the molecule is CCCC/C=C\C/C=C\CCCCCCCC(=O)OC(COC(=O)CCCCCCCCCCCCCCCC)COC(=O)CCCCCCCCCCCCCCCCCCCCCCCCCCCCCCCCCCCC. The summed E-state index contributed by atoms with van der Waals surface area (Å²) in [7, 11) is 0. The normalized spacial score (nSPS) is 12.1. The Kier molecular flexibility index (Phi) is 67.6. The Labute approximate surface area is 500 Å². The molecule has 1 unspecified atom stereocenters. The topological polar surface area (TPSA) is 78.9 Å². The first-order chi connectivity index (χ1) is 39.5. The molecule has 472 valence electrons. The van der Waals surface area contributed by atoms with Crippen LogP contribution in [0.15, 0.2) is 24.3 Å². The van der Waals surface area contributed by atoms with Crippen molar-refractivity contribution in [1.29, 1.82) is 0 Å². The number of rotatable bonds is 68. The molecule has 0 rings (SSSR count). The molecule has 0 spiro atoms. The van der Waals surface area contributed by atoms with E-state index in [1.54, 1.807) is 0 Å². The number of carbonyl (C=O) groups excluding carboxylic acids is 3. The first-order valence-corrected chi connectivity index (χ1v) is 36.3. The molecule has 0 saturated carbocycles. The van der Waals surface area contributed by atoms with Crippen LogP contribution in [-0.4, -0.2) is 37.2 Å². The van der Waals surface area contributed by atoms with Crippen molar-refractivity contribution in [2.24, 2.45) is 0 Å². The molecule has 1 atom stereocenters. The molecule has 0 aromatic rings. The Morgan fingerprint density at radius 2 is 0.463 bits per heavy atom. The summed E-state index contributed by atoms with van der Waals surface area (Å²) in [5.41, 5.74) is 0. The van der Waals surface area contributed by atoms with Crippen LogP contribution in [-0.2, 0) is 28.6 Å². The molecule has 0 aromatic carbocycles. The summed E-state index contributed by atoms with van der Waals surface area (Å²) in [4.78, 5) is 38.3. The van der Waals surface area contributed by atoms with Gasteiger partial charge < -0.3 is 14.2 Å². The fourth-order valence-electron chi connectivity index (χ4n) is 11.2. The molecule has 6 heteroatoms. The van der Waals surface area contributed by atoms with Crippen molar-refractivity contribution in [3.8, 4) is 0 Å². The minimum Gasteiger partial charge on any atom is -0.462 e. The van der Waals surface area contributed by atoms with Crippen LogP contribution >= 0.6 is 0 Å². The third kappa shape index (κ3) is 66.7. The molecule has 0 aliphatic carbocycles. The number of esters is 3. The second kappa shape index (κ2) is 69.4. The van der Waals surface area contributed by atoms with Crippen LogP contribution in [0, 0.1) is 0 Å². The molecule has 0 radical (unpaired) electrons. The monoisotopic (exact) mass is 1130 g/mol. The van der Waals surface area contributed by atoms with E-state index >= 15 is 0 Å². The van der Waals surface area contributed by atoms with Crippen LogP contribution in [0.1, 0.15) is 412 Å². The lowest BCUT2D eigenvalue weighted by molar-refractivity contribution is -0.167. The van der Waals surface area contributed by atoms with E-state index in [-0.39, 0.29) is 31.1 Å². The van der Waals surface area contributed by atoms with E-state index in [2.05, 4.69) is 45.1 Å². The summed E-state index contributed by atoms with van der Waals surface area (Å²) in [5, 5.41) is 0. The van der Waals surface area contributed by atoms with Crippen molar-refractivity contribution in [3.63, 3.8) is 0 Å².